The Kier molecular flexibility index (Phi) is 6.23. The second-order valence-corrected chi connectivity index (χ2v) is 5.65. The van der Waals surface area contributed by atoms with Crippen molar-refractivity contribution in [3.8, 4) is 5.75 Å². The lowest BCUT2D eigenvalue weighted by Crippen LogP contribution is -2.23. The molecule has 0 amide bonds. The molecule has 1 N–H and O–H groups in total. The number of ether oxygens (including phenoxy) is 1. The summed E-state index contributed by atoms with van der Waals surface area (Å²) in [7, 11) is 1.70. The fourth-order valence-electron chi connectivity index (χ4n) is 2.30. The lowest BCUT2D eigenvalue weighted by molar-refractivity contribution is 0.413. The van der Waals surface area contributed by atoms with Gasteiger partial charge in [0, 0.05) is 12.6 Å². The molecule has 0 fully saturated rings. The van der Waals surface area contributed by atoms with Crippen LogP contribution >= 0.6 is 0 Å². The van der Waals surface area contributed by atoms with Crippen LogP contribution in [0.5, 0.6) is 5.75 Å². The summed E-state index contributed by atoms with van der Waals surface area (Å²) in [6, 6.07) is 18.9. The first-order valence-electron chi connectivity index (χ1n) is 7.79. The summed E-state index contributed by atoms with van der Waals surface area (Å²) in [5, 5.41) is 3.58. The fraction of sp³-hybridized carbons (Fsp3) is 0.300. The first-order valence-corrected chi connectivity index (χ1v) is 7.79. The van der Waals surface area contributed by atoms with E-state index in [1.807, 2.05) is 18.2 Å². The highest BCUT2D eigenvalue weighted by Gasteiger charge is 2.07. The van der Waals surface area contributed by atoms with Gasteiger partial charge in [0.05, 0.1) is 7.11 Å². The van der Waals surface area contributed by atoms with Crippen LogP contribution in [0.25, 0.3) is 6.08 Å². The lowest BCUT2D eigenvalue weighted by Gasteiger charge is -2.17. The minimum atomic E-state index is 0.308. The first kappa shape index (κ1) is 16.3. The Morgan fingerprint density at radius 1 is 1.05 bits per heavy atom. The van der Waals surface area contributed by atoms with Crippen LogP contribution in [0.15, 0.2) is 60.7 Å². The van der Waals surface area contributed by atoms with Gasteiger partial charge in [-0.05, 0) is 36.1 Å². The maximum atomic E-state index is 5.28. The van der Waals surface area contributed by atoms with Crippen LogP contribution in [0.1, 0.15) is 31.0 Å². The third-order valence-electron chi connectivity index (χ3n) is 3.76. The second kappa shape index (κ2) is 8.40. The molecule has 2 aromatic carbocycles. The summed E-state index contributed by atoms with van der Waals surface area (Å²) in [5.41, 5.74) is 2.49. The molecule has 0 bridgehead atoms. The smallest absolute Gasteiger partial charge is 0.119 e. The Hall–Kier alpha value is -2.06. The van der Waals surface area contributed by atoms with E-state index in [2.05, 4.69) is 67.7 Å². The van der Waals surface area contributed by atoms with Gasteiger partial charge in [-0.25, -0.2) is 0 Å². The molecule has 2 atom stereocenters. The molecule has 2 heteroatoms. The van der Waals surface area contributed by atoms with Crippen molar-refractivity contribution in [1.82, 2.24) is 5.32 Å². The van der Waals surface area contributed by atoms with Crippen molar-refractivity contribution >= 4 is 6.08 Å². The molecule has 2 rings (SSSR count). The summed E-state index contributed by atoms with van der Waals surface area (Å²) < 4.78 is 5.28. The van der Waals surface area contributed by atoms with Crippen molar-refractivity contribution in [1.29, 1.82) is 0 Å². The molecule has 0 aromatic heterocycles. The number of hydrogen-bond donors (Lipinski definition) is 1. The highest BCUT2D eigenvalue weighted by Crippen LogP contribution is 2.19. The zero-order valence-corrected chi connectivity index (χ0v) is 13.6. The SMILES string of the molecule is COc1cccc([C@H](C)NC[C@H](C)C=Cc2ccccc2)c1. The first-order chi connectivity index (χ1) is 10.7. The topological polar surface area (TPSA) is 21.3 Å². The molecule has 0 unspecified atom stereocenters. The Bertz CT molecular complexity index is 592. The zero-order valence-electron chi connectivity index (χ0n) is 13.6. The summed E-state index contributed by atoms with van der Waals surface area (Å²) in [6.45, 7) is 5.36. The predicted molar refractivity (Wildman–Crippen MR) is 94.1 cm³/mol. The Morgan fingerprint density at radius 3 is 2.55 bits per heavy atom. The fourth-order valence-corrected chi connectivity index (χ4v) is 2.30. The number of methoxy groups -OCH3 is 1. The number of hydrogen-bond acceptors (Lipinski definition) is 2. The zero-order chi connectivity index (χ0) is 15.8. The maximum Gasteiger partial charge on any atom is 0.119 e. The van der Waals surface area contributed by atoms with Crippen LogP contribution < -0.4 is 10.1 Å². The molecular weight excluding hydrogens is 270 g/mol. The van der Waals surface area contributed by atoms with Crippen LogP contribution in [0, 0.1) is 5.92 Å². The molecule has 2 nitrogen and oxygen atoms in total. The van der Waals surface area contributed by atoms with E-state index in [0.717, 1.165) is 12.3 Å². The largest absolute Gasteiger partial charge is 0.497 e. The van der Waals surface area contributed by atoms with Crippen molar-refractivity contribution < 1.29 is 4.74 Å². The Labute approximate surface area is 133 Å². The summed E-state index contributed by atoms with van der Waals surface area (Å²) in [4.78, 5) is 0. The quantitative estimate of drug-likeness (QED) is 0.799. The summed E-state index contributed by atoms with van der Waals surface area (Å²) in [6.07, 6.45) is 4.43. The molecule has 22 heavy (non-hydrogen) atoms. The molecular formula is C20H25NO. The van der Waals surface area contributed by atoms with Crippen LogP contribution in [-0.4, -0.2) is 13.7 Å². The Morgan fingerprint density at radius 2 is 1.82 bits per heavy atom. The van der Waals surface area contributed by atoms with Gasteiger partial charge < -0.3 is 10.1 Å². The molecule has 0 aliphatic rings. The number of rotatable bonds is 7. The highest BCUT2D eigenvalue weighted by molar-refractivity contribution is 5.48. The lowest BCUT2D eigenvalue weighted by atomic mass is 10.1. The molecule has 0 aliphatic carbocycles. The third-order valence-corrected chi connectivity index (χ3v) is 3.76. The highest BCUT2D eigenvalue weighted by atomic mass is 16.5. The molecule has 0 spiro atoms. The van der Waals surface area contributed by atoms with Crippen LogP contribution in [0.4, 0.5) is 0 Å². The van der Waals surface area contributed by atoms with Gasteiger partial charge in [-0.15, -0.1) is 0 Å². The van der Waals surface area contributed by atoms with Crippen molar-refractivity contribution in [2.24, 2.45) is 5.92 Å². The van der Waals surface area contributed by atoms with E-state index in [1.165, 1.54) is 11.1 Å². The average Bonchev–Trinajstić information content (AvgIpc) is 2.58. The third kappa shape index (κ3) is 5.05. The van der Waals surface area contributed by atoms with Crippen molar-refractivity contribution in [2.75, 3.05) is 13.7 Å². The predicted octanol–water partition coefficient (Wildman–Crippen LogP) is 4.70. The van der Waals surface area contributed by atoms with E-state index in [0.29, 0.717) is 12.0 Å². The standard InChI is InChI=1S/C20H25NO/c1-16(12-13-18-8-5-4-6-9-18)15-21-17(2)19-10-7-11-20(14-19)22-3/h4-14,16-17,21H,15H2,1-3H3/t16-,17+/m1/s1. The van der Waals surface area contributed by atoms with E-state index < -0.39 is 0 Å². The van der Waals surface area contributed by atoms with Crippen LogP contribution in [0.2, 0.25) is 0 Å². The molecule has 0 aliphatic heterocycles. The van der Waals surface area contributed by atoms with Crippen molar-refractivity contribution in [3.63, 3.8) is 0 Å². The average molecular weight is 295 g/mol. The van der Waals surface area contributed by atoms with E-state index in [1.54, 1.807) is 7.11 Å². The van der Waals surface area contributed by atoms with E-state index in [-0.39, 0.29) is 0 Å². The summed E-state index contributed by atoms with van der Waals surface area (Å²) in [5.74, 6) is 1.39. The normalized spacial score (nSPS) is 14.0. The number of benzene rings is 2. The minimum absolute atomic E-state index is 0.308. The van der Waals surface area contributed by atoms with Gasteiger partial charge >= 0.3 is 0 Å². The minimum Gasteiger partial charge on any atom is -0.497 e. The van der Waals surface area contributed by atoms with Gasteiger partial charge in [-0.1, -0.05) is 61.5 Å². The van der Waals surface area contributed by atoms with Gasteiger partial charge in [-0.2, -0.15) is 0 Å². The van der Waals surface area contributed by atoms with Gasteiger partial charge in [-0.3, -0.25) is 0 Å². The van der Waals surface area contributed by atoms with Gasteiger partial charge in [0.25, 0.3) is 0 Å². The van der Waals surface area contributed by atoms with E-state index >= 15 is 0 Å². The van der Waals surface area contributed by atoms with E-state index in [9.17, 15) is 0 Å². The number of nitrogens with one attached hydrogen (secondary N) is 1. The van der Waals surface area contributed by atoms with Gasteiger partial charge in [0.15, 0.2) is 0 Å². The van der Waals surface area contributed by atoms with Gasteiger partial charge in [0.2, 0.25) is 0 Å². The maximum absolute atomic E-state index is 5.28. The monoisotopic (exact) mass is 295 g/mol. The van der Waals surface area contributed by atoms with Crippen molar-refractivity contribution in [2.45, 2.75) is 19.9 Å². The van der Waals surface area contributed by atoms with Crippen LogP contribution in [0.3, 0.4) is 0 Å². The molecule has 116 valence electrons. The second-order valence-electron chi connectivity index (χ2n) is 5.65. The molecule has 0 saturated heterocycles. The summed E-state index contributed by atoms with van der Waals surface area (Å²) >= 11 is 0. The molecule has 0 radical (unpaired) electrons. The Balaban J connectivity index is 1.85. The molecule has 0 saturated carbocycles. The van der Waals surface area contributed by atoms with E-state index in [4.69, 9.17) is 4.74 Å². The molecule has 0 heterocycles. The van der Waals surface area contributed by atoms with Gasteiger partial charge in [0.1, 0.15) is 5.75 Å². The van der Waals surface area contributed by atoms with Crippen molar-refractivity contribution in [3.05, 3.63) is 71.8 Å². The van der Waals surface area contributed by atoms with Crippen LogP contribution in [-0.2, 0) is 0 Å². The molecule has 2 aromatic rings.